The standard InChI is InChI=1S/C23H20ClN3OS2/c1-16-12-18(24)13-20-22(16)26-23(30-20)27(15-17-6-5-10-25-14-17)21(28)9-11-29-19-7-3-2-4-8-19/h2-8,10,12-14H,9,11,15H2,1H3. The van der Waals surface area contributed by atoms with Crippen LogP contribution < -0.4 is 4.90 Å². The van der Waals surface area contributed by atoms with E-state index in [0.29, 0.717) is 28.9 Å². The summed E-state index contributed by atoms with van der Waals surface area (Å²) in [5.41, 5.74) is 2.87. The van der Waals surface area contributed by atoms with Crippen molar-refractivity contribution in [1.82, 2.24) is 9.97 Å². The molecule has 0 radical (unpaired) electrons. The van der Waals surface area contributed by atoms with Gasteiger partial charge in [0.2, 0.25) is 5.91 Å². The molecule has 0 aliphatic rings. The molecule has 0 atom stereocenters. The molecule has 0 aliphatic carbocycles. The third-order valence-electron chi connectivity index (χ3n) is 4.56. The highest BCUT2D eigenvalue weighted by molar-refractivity contribution is 7.99. The molecule has 4 aromatic rings. The van der Waals surface area contributed by atoms with Gasteiger partial charge in [-0.3, -0.25) is 14.7 Å². The van der Waals surface area contributed by atoms with Crippen LogP contribution >= 0.6 is 34.7 Å². The van der Waals surface area contributed by atoms with Crippen LogP contribution in [0.4, 0.5) is 5.13 Å². The topological polar surface area (TPSA) is 46.1 Å². The summed E-state index contributed by atoms with van der Waals surface area (Å²) >= 11 is 9.40. The van der Waals surface area contributed by atoms with E-state index in [0.717, 1.165) is 26.2 Å². The summed E-state index contributed by atoms with van der Waals surface area (Å²) in [4.78, 5) is 25.1. The number of thiazole rings is 1. The molecule has 0 saturated carbocycles. The molecule has 4 nitrogen and oxygen atoms in total. The third kappa shape index (κ3) is 5.01. The summed E-state index contributed by atoms with van der Waals surface area (Å²) in [6.45, 7) is 2.43. The lowest BCUT2D eigenvalue weighted by Gasteiger charge is -2.20. The van der Waals surface area contributed by atoms with E-state index in [4.69, 9.17) is 16.6 Å². The van der Waals surface area contributed by atoms with Crippen LogP contribution in [0.2, 0.25) is 5.02 Å². The van der Waals surface area contributed by atoms with Crippen molar-refractivity contribution in [2.24, 2.45) is 0 Å². The molecule has 0 spiro atoms. The maximum Gasteiger partial charge on any atom is 0.229 e. The van der Waals surface area contributed by atoms with E-state index >= 15 is 0 Å². The van der Waals surface area contributed by atoms with Gasteiger partial charge in [0, 0.05) is 34.5 Å². The monoisotopic (exact) mass is 453 g/mol. The molecule has 152 valence electrons. The molecule has 2 heterocycles. The second kappa shape index (κ2) is 9.60. The van der Waals surface area contributed by atoms with Crippen LogP contribution in [0.3, 0.4) is 0 Å². The number of pyridine rings is 1. The Morgan fingerprint density at radius 1 is 1.17 bits per heavy atom. The van der Waals surface area contributed by atoms with Gasteiger partial charge in [-0.15, -0.1) is 11.8 Å². The number of amides is 1. The Balaban J connectivity index is 1.57. The highest BCUT2D eigenvalue weighted by atomic mass is 35.5. The number of nitrogens with zero attached hydrogens (tertiary/aromatic N) is 3. The van der Waals surface area contributed by atoms with E-state index in [1.54, 1.807) is 29.1 Å². The molecule has 0 unspecified atom stereocenters. The summed E-state index contributed by atoms with van der Waals surface area (Å²) in [6.07, 6.45) is 3.94. The molecule has 0 saturated heterocycles. The minimum absolute atomic E-state index is 0.0464. The van der Waals surface area contributed by atoms with Gasteiger partial charge < -0.3 is 0 Å². The van der Waals surface area contributed by atoms with E-state index in [-0.39, 0.29) is 5.91 Å². The molecule has 7 heteroatoms. The largest absolute Gasteiger partial charge is 0.284 e. The predicted molar refractivity (Wildman–Crippen MR) is 127 cm³/mol. The summed E-state index contributed by atoms with van der Waals surface area (Å²) in [7, 11) is 0. The van der Waals surface area contributed by atoms with E-state index in [9.17, 15) is 4.79 Å². The minimum Gasteiger partial charge on any atom is -0.284 e. The van der Waals surface area contributed by atoms with Gasteiger partial charge in [0.05, 0.1) is 16.8 Å². The molecule has 0 aliphatic heterocycles. The second-order valence-corrected chi connectivity index (χ2v) is 9.43. The van der Waals surface area contributed by atoms with Crippen molar-refractivity contribution in [2.75, 3.05) is 10.7 Å². The fourth-order valence-electron chi connectivity index (χ4n) is 3.10. The average Bonchev–Trinajstić information content (AvgIpc) is 3.17. The maximum atomic E-state index is 13.2. The highest BCUT2D eigenvalue weighted by Gasteiger charge is 2.21. The van der Waals surface area contributed by atoms with Crippen LogP contribution in [0.15, 0.2) is 71.9 Å². The molecular formula is C23H20ClN3OS2. The van der Waals surface area contributed by atoms with Crippen molar-refractivity contribution in [3.8, 4) is 0 Å². The van der Waals surface area contributed by atoms with Gasteiger partial charge in [-0.05, 0) is 48.4 Å². The first-order valence-electron chi connectivity index (χ1n) is 9.54. The molecule has 2 aromatic carbocycles. The Labute approximate surface area is 188 Å². The van der Waals surface area contributed by atoms with Crippen LogP contribution in [0.5, 0.6) is 0 Å². The van der Waals surface area contributed by atoms with Crippen molar-refractivity contribution in [1.29, 1.82) is 0 Å². The van der Waals surface area contributed by atoms with Crippen LogP contribution in [0, 0.1) is 6.92 Å². The van der Waals surface area contributed by atoms with Crippen molar-refractivity contribution in [3.05, 3.63) is 83.1 Å². The van der Waals surface area contributed by atoms with Crippen LogP contribution in [-0.2, 0) is 11.3 Å². The smallest absolute Gasteiger partial charge is 0.229 e. The maximum absolute atomic E-state index is 13.2. The quantitative estimate of drug-likeness (QED) is 0.305. The second-order valence-electron chi connectivity index (χ2n) is 6.82. The van der Waals surface area contributed by atoms with Crippen LogP contribution in [0.25, 0.3) is 10.2 Å². The molecule has 2 aromatic heterocycles. The predicted octanol–water partition coefficient (Wildman–Crippen LogP) is 6.37. The van der Waals surface area contributed by atoms with E-state index in [2.05, 4.69) is 17.1 Å². The molecular weight excluding hydrogens is 434 g/mol. The van der Waals surface area contributed by atoms with E-state index < -0.39 is 0 Å². The fraction of sp³-hybridized carbons (Fsp3) is 0.174. The lowest BCUT2D eigenvalue weighted by atomic mass is 10.2. The van der Waals surface area contributed by atoms with Gasteiger partial charge in [-0.1, -0.05) is 47.2 Å². The molecule has 0 N–H and O–H groups in total. The van der Waals surface area contributed by atoms with E-state index in [1.165, 1.54) is 11.3 Å². The number of hydrogen-bond donors (Lipinski definition) is 0. The van der Waals surface area contributed by atoms with Gasteiger partial charge in [-0.2, -0.15) is 0 Å². The van der Waals surface area contributed by atoms with Crippen LogP contribution in [-0.4, -0.2) is 21.6 Å². The normalized spacial score (nSPS) is 11.0. The first-order valence-corrected chi connectivity index (χ1v) is 11.7. The van der Waals surface area contributed by atoms with Gasteiger partial charge in [0.15, 0.2) is 5.13 Å². The minimum atomic E-state index is 0.0464. The SMILES string of the molecule is Cc1cc(Cl)cc2sc(N(Cc3cccnc3)C(=O)CCSc3ccccc3)nc12. The summed E-state index contributed by atoms with van der Waals surface area (Å²) in [5.74, 6) is 0.757. The number of carbonyl (C=O) groups excluding carboxylic acids is 1. The summed E-state index contributed by atoms with van der Waals surface area (Å²) in [6, 6.07) is 17.8. The number of anilines is 1. The number of rotatable bonds is 7. The lowest BCUT2D eigenvalue weighted by Crippen LogP contribution is -2.30. The molecule has 30 heavy (non-hydrogen) atoms. The van der Waals surface area contributed by atoms with Gasteiger partial charge in [-0.25, -0.2) is 4.98 Å². The zero-order valence-electron chi connectivity index (χ0n) is 16.4. The highest BCUT2D eigenvalue weighted by Crippen LogP contribution is 2.34. The van der Waals surface area contributed by atoms with Crippen molar-refractivity contribution < 1.29 is 4.79 Å². The van der Waals surface area contributed by atoms with Gasteiger partial charge >= 0.3 is 0 Å². The summed E-state index contributed by atoms with van der Waals surface area (Å²) < 4.78 is 0.984. The fourth-order valence-corrected chi connectivity index (χ4v) is 5.40. The van der Waals surface area contributed by atoms with Crippen molar-refractivity contribution in [3.63, 3.8) is 0 Å². The number of halogens is 1. The number of hydrogen-bond acceptors (Lipinski definition) is 5. The van der Waals surface area contributed by atoms with Crippen molar-refractivity contribution >= 4 is 56.0 Å². The summed E-state index contributed by atoms with van der Waals surface area (Å²) in [5, 5.41) is 1.37. The number of aromatic nitrogens is 2. The zero-order valence-corrected chi connectivity index (χ0v) is 18.8. The first kappa shape index (κ1) is 20.8. The van der Waals surface area contributed by atoms with Gasteiger partial charge in [0.1, 0.15) is 0 Å². The molecule has 4 rings (SSSR count). The Morgan fingerprint density at radius 3 is 2.77 bits per heavy atom. The Hall–Kier alpha value is -2.41. The Bertz CT molecular complexity index is 1150. The lowest BCUT2D eigenvalue weighted by molar-refractivity contribution is -0.118. The number of thioether (sulfide) groups is 1. The van der Waals surface area contributed by atoms with E-state index in [1.807, 2.05) is 49.4 Å². The Kier molecular flexibility index (Phi) is 6.67. The Morgan fingerprint density at radius 2 is 2.00 bits per heavy atom. The number of aryl methyl sites for hydroxylation is 1. The van der Waals surface area contributed by atoms with Gasteiger partial charge in [0.25, 0.3) is 0 Å². The number of fused-ring (bicyclic) bond motifs is 1. The van der Waals surface area contributed by atoms with Crippen LogP contribution in [0.1, 0.15) is 17.5 Å². The van der Waals surface area contributed by atoms with Crippen molar-refractivity contribution in [2.45, 2.75) is 24.8 Å². The zero-order chi connectivity index (χ0) is 20.9. The molecule has 0 bridgehead atoms. The average molecular weight is 454 g/mol. The third-order valence-corrected chi connectivity index (χ3v) is 6.82. The molecule has 0 fully saturated rings. The number of carbonyl (C=O) groups is 1. The first-order chi connectivity index (χ1) is 14.6. The molecule has 1 amide bonds. The number of benzene rings is 2.